The van der Waals surface area contributed by atoms with Gasteiger partial charge in [-0.2, -0.15) is 0 Å². The van der Waals surface area contributed by atoms with Crippen molar-refractivity contribution < 1.29 is 9.53 Å². The largest absolute Gasteiger partial charge is 0.489 e. The van der Waals surface area contributed by atoms with Gasteiger partial charge in [-0.1, -0.05) is 41.9 Å². The fourth-order valence-electron chi connectivity index (χ4n) is 5.76. The molecule has 3 aromatic carbocycles. The van der Waals surface area contributed by atoms with Gasteiger partial charge < -0.3 is 15.4 Å². The van der Waals surface area contributed by atoms with E-state index in [1.165, 1.54) is 15.6 Å². The number of carbonyl (C=O) groups is 1. The Bertz CT molecular complexity index is 1490. The molecule has 4 aromatic rings. The minimum atomic E-state index is 0.112. The standard InChI is InChI=1S/C33H35BrClN3O2S/c34-30-17-22(1-8-31(30)40-28-9-13-36-14-10-28)21-38-15-11-27(12-16-38)37-33(39)20-29-18-25-3-2-24(19-32(25)41-29)23-4-6-26(35)7-5-23/h1-8,17-19,27-28,36H,9-16,20-21H2,(H,37,39). The van der Waals surface area contributed by atoms with Crippen molar-refractivity contribution in [2.24, 2.45) is 0 Å². The summed E-state index contributed by atoms with van der Waals surface area (Å²) in [4.78, 5) is 16.5. The number of amides is 1. The van der Waals surface area contributed by atoms with Crippen molar-refractivity contribution in [2.75, 3.05) is 26.2 Å². The van der Waals surface area contributed by atoms with E-state index in [2.05, 4.69) is 73.9 Å². The molecule has 5 nitrogen and oxygen atoms in total. The molecular formula is C33H35BrClN3O2S. The number of nitrogens with one attached hydrogen (secondary N) is 2. The average molecular weight is 653 g/mol. The quantitative estimate of drug-likeness (QED) is 0.208. The molecule has 0 atom stereocenters. The van der Waals surface area contributed by atoms with Crippen LogP contribution in [-0.2, 0) is 17.8 Å². The number of benzene rings is 3. The van der Waals surface area contributed by atoms with E-state index >= 15 is 0 Å². The minimum Gasteiger partial charge on any atom is -0.489 e. The summed E-state index contributed by atoms with van der Waals surface area (Å²) in [5.41, 5.74) is 3.58. The Balaban J connectivity index is 0.972. The van der Waals surface area contributed by atoms with Gasteiger partial charge in [0.2, 0.25) is 5.91 Å². The predicted octanol–water partition coefficient (Wildman–Crippen LogP) is 7.44. The second kappa shape index (κ2) is 13.3. The number of piperidine rings is 2. The lowest BCUT2D eigenvalue weighted by Crippen LogP contribution is -2.44. The predicted molar refractivity (Wildman–Crippen MR) is 173 cm³/mol. The van der Waals surface area contributed by atoms with Crippen molar-refractivity contribution in [2.45, 2.75) is 50.8 Å². The summed E-state index contributed by atoms with van der Waals surface area (Å²) in [6, 6.07) is 23.2. The van der Waals surface area contributed by atoms with E-state index in [0.717, 1.165) is 89.7 Å². The van der Waals surface area contributed by atoms with Crippen LogP contribution in [0.5, 0.6) is 5.75 Å². The van der Waals surface area contributed by atoms with Crippen LogP contribution in [0.4, 0.5) is 0 Å². The summed E-state index contributed by atoms with van der Waals surface area (Å²) in [5.74, 6) is 1.05. The smallest absolute Gasteiger partial charge is 0.225 e. The zero-order chi connectivity index (χ0) is 28.2. The Morgan fingerprint density at radius 2 is 1.73 bits per heavy atom. The second-order valence-corrected chi connectivity index (χ2v) is 13.6. The molecule has 0 radical (unpaired) electrons. The molecule has 2 saturated heterocycles. The molecule has 6 rings (SSSR count). The van der Waals surface area contributed by atoms with E-state index in [1.54, 1.807) is 11.3 Å². The molecule has 2 N–H and O–H groups in total. The Hall–Kier alpha value is -2.42. The molecule has 2 fully saturated rings. The number of halogens is 2. The summed E-state index contributed by atoms with van der Waals surface area (Å²) in [7, 11) is 0. The maximum Gasteiger partial charge on any atom is 0.225 e. The first-order valence-electron chi connectivity index (χ1n) is 14.4. The van der Waals surface area contributed by atoms with Crippen LogP contribution in [-0.4, -0.2) is 49.1 Å². The molecule has 1 amide bonds. The molecule has 0 saturated carbocycles. The first kappa shape index (κ1) is 28.7. The van der Waals surface area contributed by atoms with Gasteiger partial charge in [-0.05, 0) is 113 Å². The Kier molecular flexibility index (Phi) is 9.28. The molecule has 3 heterocycles. The van der Waals surface area contributed by atoms with Crippen molar-refractivity contribution in [1.82, 2.24) is 15.5 Å². The Morgan fingerprint density at radius 3 is 2.49 bits per heavy atom. The van der Waals surface area contributed by atoms with Gasteiger partial charge in [0, 0.05) is 40.3 Å². The van der Waals surface area contributed by atoms with Gasteiger partial charge in [0.25, 0.3) is 0 Å². The van der Waals surface area contributed by atoms with Gasteiger partial charge in [-0.25, -0.2) is 0 Å². The zero-order valence-electron chi connectivity index (χ0n) is 23.0. The van der Waals surface area contributed by atoms with Gasteiger partial charge >= 0.3 is 0 Å². The van der Waals surface area contributed by atoms with Crippen LogP contribution in [0, 0.1) is 0 Å². The van der Waals surface area contributed by atoms with E-state index in [4.69, 9.17) is 16.3 Å². The normalized spacial score (nSPS) is 17.1. The molecule has 2 aliphatic rings. The molecule has 0 aliphatic carbocycles. The second-order valence-electron chi connectivity index (χ2n) is 11.1. The lowest BCUT2D eigenvalue weighted by molar-refractivity contribution is -0.121. The van der Waals surface area contributed by atoms with Gasteiger partial charge in [0.1, 0.15) is 11.9 Å². The van der Waals surface area contributed by atoms with Crippen molar-refractivity contribution in [3.05, 3.63) is 86.7 Å². The first-order valence-corrected chi connectivity index (χ1v) is 16.4. The van der Waals surface area contributed by atoms with Gasteiger partial charge in [-0.15, -0.1) is 11.3 Å². The summed E-state index contributed by atoms with van der Waals surface area (Å²) in [6.45, 7) is 4.91. The molecule has 214 valence electrons. The number of nitrogens with zero attached hydrogens (tertiary/aromatic N) is 1. The van der Waals surface area contributed by atoms with Crippen LogP contribution in [0.2, 0.25) is 5.02 Å². The van der Waals surface area contributed by atoms with Crippen molar-refractivity contribution in [3.8, 4) is 16.9 Å². The number of likely N-dealkylation sites (tertiary alicyclic amines) is 1. The van der Waals surface area contributed by atoms with E-state index < -0.39 is 0 Å². The van der Waals surface area contributed by atoms with Crippen molar-refractivity contribution >= 4 is 54.9 Å². The number of rotatable bonds is 8. The summed E-state index contributed by atoms with van der Waals surface area (Å²) < 4.78 is 8.45. The molecule has 0 unspecified atom stereocenters. The first-order chi connectivity index (χ1) is 20.0. The number of hydrogen-bond acceptors (Lipinski definition) is 5. The maximum absolute atomic E-state index is 12.9. The fourth-order valence-corrected chi connectivity index (χ4v) is 7.50. The van der Waals surface area contributed by atoms with Gasteiger partial charge in [0.15, 0.2) is 0 Å². The van der Waals surface area contributed by atoms with Crippen molar-refractivity contribution in [3.63, 3.8) is 0 Å². The van der Waals surface area contributed by atoms with Gasteiger partial charge in [-0.3, -0.25) is 9.69 Å². The van der Waals surface area contributed by atoms with Crippen LogP contribution in [0.25, 0.3) is 21.2 Å². The van der Waals surface area contributed by atoms with E-state index in [9.17, 15) is 4.79 Å². The third-order valence-corrected chi connectivity index (χ3v) is 9.99. The monoisotopic (exact) mass is 651 g/mol. The van der Waals surface area contributed by atoms with Crippen LogP contribution in [0.3, 0.4) is 0 Å². The molecule has 8 heteroatoms. The maximum atomic E-state index is 12.9. The topological polar surface area (TPSA) is 53.6 Å². The average Bonchev–Trinajstić information content (AvgIpc) is 3.38. The Labute approximate surface area is 259 Å². The SMILES string of the molecule is O=C(Cc1cc2ccc(-c3ccc(Cl)cc3)cc2s1)NC1CCN(Cc2ccc(OC3CCNCC3)c(Br)c2)CC1. The minimum absolute atomic E-state index is 0.112. The molecular weight excluding hydrogens is 618 g/mol. The molecule has 0 bridgehead atoms. The lowest BCUT2D eigenvalue weighted by Gasteiger charge is -2.32. The number of fused-ring (bicyclic) bond motifs is 1. The van der Waals surface area contributed by atoms with Crippen molar-refractivity contribution in [1.29, 1.82) is 0 Å². The Morgan fingerprint density at radius 1 is 0.976 bits per heavy atom. The zero-order valence-corrected chi connectivity index (χ0v) is 26.2. The van der Waals surface area contributed by atoms with Crippen LogP contribution in [0.15, 0.2) is 71.2 Å². The number of thiophene rings is 1. The third kappa shape index (κ3) is 7.51. The molecule has 0 spiro atoms. The summed E-state index contributed by atoms with van der Waals surface area (Å²) >= 11 is 11.5. The molecule has 1 aromatic heterocycles. The lowest BCUT2D eigenvalue weighted by atomic mass is 10.0. The highest BCUT2D eigenvalue weighted by Gasteiger charge is 2.22. The van der Waals surface area contributed by atoms with E-state index in [-0.39, 0.29) is 11.9 Å². The number of ether oxygens (including phenoxy) is 1. The number of carbonyl (C=O) groups excluding carboxylic acids is 1. The molecule has 41 heavy (non-hydrogen) atoms. The summed E-state index contributed by atoms with van der Waals surface area (Å²) in [6.07, 6.45) is 4.77. The fraction of sp³-hybridized carbons (Fsp3) is 0.364. The highest BCUT2D eigenvalue weighted by Crippen LogP contribution is 2.32. The number of hydrogen-bond donors (Lipinski definition) is 2. The van der Waals surface area contributed by atoms with Crippen LogP contribution < -0.4 is 15.4 Å². The van der Waals surface area contributed by atoms with Crippen LogP contribution in [0.1, 0.15) is 36.1 Å². The molecule has 2 aliphatic heterocycles. The van der Waals surface area contributed by atoms with E-state index in [0.29, 0.717) is 12.5 Å². The third-order valence-electron chi connectivity index (χ3n) is 8.02. The highest BCUT2D eigenvalue weighted by atomic mass is 79.9. The van der Waals surface area contributed by atoms with Crippen LogP contribution >= 0.6 is 38.9 Å². The van der Waals surface area contributed by atoms with Gasteiger partial charge in [0.05, 0.1) is 10.9 Å². The summed E-state index contributed by atoms with van der Waals surface area (Å²) in [5, 5.41) is 8.60. The van der Waals surface area contributed by atoms with E-state index in [1.807, 2.05) is 24.3 Å². The highest BCUT2D eigenvalue weighted by molar-refractivity contribution is 9.10.